The number of aromatic nitrogens is 2. The fourth-order valence-corrected chi connectivity index (χ4v) is 3.44. The summed E-state index contributed by atoms with van der Waals surface area (Å²) in [6, 6.07) is 0.558. The molecule has 0 aromatic carbocycles. The Morgan fingerprint density at radius 1 is 1.33 bits per heavy atom. The predicted molar refractivity (Wildman–Crippen MR) is 84.2 cm³/mol. The molecule has 0 radical (unpaired) electrons. The highest BCUT2D eigenvalue weighted by molar-refractivity contribution is 7.90. The molecule has 1 atom stereocenters. The largest absolute Gasteiger partial charge is 0.433 e. The van der Waals surface area contributed by atoms with Gasteiger partial charge in [-0.2, -0.15) is 13.2 Å². The van der Waals surface area contributed by atoms with E-state index in [1.165, 1.54) is 6.92 Å². The molecular weight excluding hydrogens is 345 g/mol. The molecule has 1 aliphatic heterocycles. The number of nitrogens with one attached hydrogen (secondary N) is 1. The van der Waals surface area contributed by atoms with Gasteiger partial charge >= 0.3 is 6.18 Å². The van der Waals surface area contributed by atoms with Crippen molar-refractivity contribution in [1.82, 2.24) is 14.7 Å². The fraction of sp³-hybridized carbons (Fsp3) is 0.714. The van der Waals surface area contributed by atoms with Crippen molar-refractivity contribution in [3.63, 3.8) is 0 Å². The van der Waals surface area contributed by atoms with Gasteiger partial charge in [-0.25, -0.2) is 23.1 Å². The van der Waals surface area contributed by atoms with Crippen LogP contribution in [0, 0.1) is 6.92 Å². The minimum absolute atomic E-state index is 0.0321. The van der Waals surface area contributed by atoms with Gasteiger partial charge in [0.2, 0.25) is 10.0 Å². The van der Waals surface area contributed by atoms with Gasteiger partial charge < -0.3 is 4.90 Å². The van der Waals surface area contributed by atoms with Crippen LogP contribution in [0.5, 0.6) is 0 Å². The molecule has 1 aromatic heterocycles. The van der Waals surface area contributed by atoms with E-state index in [2.05, 4.69) is 14.7 Å². The number of hydrogen-bond acceptors (Lipinski definition) is 5. The van der Waals surface area contributed by atoms with E-state index in [0.29, 0.717) is 19.4 Å². The van der Waals surface area contributed by atoms with Crippen LogP contribution in [-0.4, -0.2) is 42.8 Å². The van der Waals surface area contributed by atoms with Gasteiger partial charge in [-0.1, -0.05) is 0 Å². The molecule has 0 spiro atoms. The SMILES string of the molecule is Cc1nc(N2CCCC(NS(=O)(=O)C(C)C)C2)cc(C(F)(F)F)n1. The lowest BCUT2D eigenvalue weighted by molar-refractivity contribution is -0.141. The van der Waals surface area contributed by atoms with Crippen LogP contribution < -0.4 is 9.62 Å². The molecular formula is C14H21F3N4O2S. The Kier molecular flexibility index (Phi) is 5.38. The summed E-state index contributed by atoms with van der Waals surface area (Å²) in [7, 11) is -3.43. The second-order valence-corrected chi connectivity index (χ2v) is 8.42. The monoisotopic (exact) mass is 366 g/mol. The second-order valence-electron chi connectivity index (χ2n) is 6.15. The van der Waals surface area contributed by atoms with Gasteiger partial charge in [-0.05, 0) is 33.6 Å². The standard InChI is InChI=1S/C14H21F3N4O2S/c1-9(2)24(22,23)20-11-5-4-6-21(8-11)13-7-12(14(15,16)17)18-10(3)19-13/h7,9,11,20H,4-6,8H2,1-3H3. The van der Waals surface area contributed by atoms with Gasteiger partial charge in [0.15, 0.2) is 0 Å². The summed E-state index contributed by atoms with van der Waals surface area (Å²) < 4.78 is 65.3. The predicted octanol–water partition coefficient (Wildman–Crippen LogP) is 2.10. The molecule has 2 heterocycles. The molecule has 1 saturated heterocycles. The van der Waals surface area contributed by atoms with E-state index in [1.54, 1.807) is 18.7 Å². The Labute approximate surface area is 139 Å². The third-order valence-electron chi connectivity index (χ3n) is 3.81. The Balaban J connectivity index is 2.20. The topological polar surface area (TPSA) is 75.2 Å². The smallest absolute Gasteiger partial charge is 0.355 e. The van der Waals surface area contributed by atoms with Gasteiger partial charge in [0.05, 0.1) is 5.25 Å². The van der Waals surface area contributed by atoms with Gasteiger partial charge in [0.1, 0.15) is 17.3 Å². The van der Waals surface area contributed by atoms with Gasteiger partial charge in [0, 0.05) is 25.2 Å². The number of alkyl halides is 3. The van der Waals surface area contributed by atoms with Crippen LogP contribution in [0.15, 0.2) is 6.07 Å². The first-order valence-electron chi connectivity index (χ1n) is 7.68. The van der Waals surface area contributed by atoms with E-state index in [9.17, 15) is 21.6 Å². The maximum Gasteiger partial charge on any atom is 0.433 e. The van der Waals surface area contributed by atoms with Crippen molar-refractivity contribution >= 4 is 15.8 Å². The molecule has 2 rings (SSSR count). The van der Waals surface area contributed by atoms with Gasteiger partial charge in [0.25, 0.3) is 0 Å². The zero-order valence-electron chi connectivity index (χ0n) is 13.8. The van der Waals surface area contributed by atoms with Crippen LogP contribution in [0.2, 0.25) is 0 Å². The number of sulfonamides is 1. The second kappa shape index (κ2) is 6.83. The number of anilines is 1. The number of hydrogen-bond donors (Lipinski definition) is 1. The quantitative estimate of drug-likeness (QED) is 0.883. The maximum atomic E-state index is 12.9. The number of rotatable bonds is 4. The highest BCUT2D eigenvalue weighted by Crippen LogP contribution is 2.30. The van der Waals surface area contributed by atoms with Crippen molar-refractivity contribution in [1.29, 1.82) is 0 Å². The number of aryl methyl sites for hydroxylation is 1. The zero-order chi connectivity index (χ0) is 18.1. The third-order valence-corrected chi connectivity index (χ3v) is 5.71. The van der Waals surface area contributed by atoms with Crippen molar-refractivity contribution in [2.45, 2.75) is 51.1 Å². The number of halogens is 3. The average Bonchev–Trinajstić information content (AvgIpc) is 2.45. The van der Waals surface area contributed by atoms with E-state index in [1.807, 2.05) is 0 Å². The summed E-state index contributed by atoms with van der Waals surface area (Å²) >= 11 is 0. The van der Waals surface area contributed by atoms with Gasteiger partial charge in [-0.3, -0.25) is 0 Å². The lowest BCUT2D eigenvalue weighted by Crippen LogP contribution is -2.49. The van der Waals surface area contributed by atoms with Crippen LogP contribution in [0.4, 0.5) is 19.0 Å². The molecule has 1 unspecified atom stereocenters. The zero-order valence-corrected chi connectivity index (χ0v) is 14.6. The van der Waals surface area contributed by atoms with Crippen molar-refractivity contribution in [2.75, 3.05) is 18.0 Å². The van der Waals surface area contributed by atoms with Gasteiger partial charge in [-0.15, -0.1) is 0 Å². The summed E-state index contributed by atoms with van der Waals surface area (Å²) in [5.41, 5.74) is -0.991. The first-order chi connectivity index (χ1) is 11.0. The molecule has 136 valence electrons. The minimum Gasteiger partial charge on any atom is -0.355 e. The van der Waals surface area contributed by atoms with E-state index in [0.717, 1.165) is 6.07 Å². The molecule has 10 heteroatoms. The van der Waals surface area contributed by atoms with Crippen LogP contribution in [0.1, 0.15) is 38.2 Å². The molecule has 0 saturated carbocycles. The lowest BCUT2D eigenvalue weighted by Gasteiger charge is -2.34. The number of nitrogens with zero attached hydrogens (tertiary/aromatic N) is 3. The maximum absolute atomic E-state index is 12.9. The minimum atomic E-state index is -4.54. The highest BCUT2D eigenvalue weighted by atomic mass is 32.2. The first-order valence-corrected chi connectivity index (χ1v) is 9.22. The molecule has 1 aromatic rings. The first kappa shape index (κ1) is 18.9. The summed E-state index contributed by atoms with van der Waals surface area (Å²) in [6.45, 7) is 5.35. The summed E-state index contributed by atoms with van der Waals surface area (Å²) in [5, 5.41) is -0.564. The normalized spacial score (nSPS) is 19.8. The molecule has 6 nitrogen and oxygen atoms in total. The summed E-state index contributed by atoms with van der Waals surface area (Å²) in [6.07, 6.45) is -3.24. The Morgan fingerprint density at radius 3 is 2.58 bits per heavy atom. The molecule has 24 heavy (non-hydrogen) atoms. The van der Waals surface area contributed by atoms with Crippen LogP contribution in [-0.2, 0) is 16.2 Å². The van der Waals surface area contributed by atoms with Crippen molar-refractivity contribution < 1.29 is 21.6 Å². The molecule has 0 bridgehead atoms. The summed E-state index contributed by atoms with van der Waals surface area (Å²) in [4.78, 5) is 9.17. The molecule has 0 aliphatic carbocycles. The highest BCUT2D eigenvalue weighted by Gasteiger charge is 2.34. The van der Waals surface area contributed by atoms with Crippen LogP contribution >= 0.6 is 0 Å². The Hall–Kier alpha value is -1.42. The third kappa shape index (κ3) is 4.56. The van der Waals surface area contributed by atoms with E-state index >= 15 is 0 Å². The average molecular weight is 366 g/mol. The molecule has 1 aliphatic rings. The van der Waals surface area contributed by atoms with Crippen LogP contribution in [0.3, 0.4) is 0 Å². The lowest BCUT2D eigenvalue weighted by atomic mass is 10.1. The Bertz CT molecular complexity index is 692. The molecule has 1 N–H and O–H groups in total. The van der Waals surface area contributed by atoms with Crippen molar-refractivity contribution in [2.24, 2.45) is 0 Å². The van der Waals surface area contributed by atoms with Crippen molar-refractivity contribution in [3.05, 3.63) is 17.6 Å². The number of piperidine rings is 1. The van der Waals surface area contributed by atoms with Crippen molar-refractivity contribution in [3.8, 4) is 0 Å². The van der Waals surface area contributed by atoms with E-state index in [4.69, 9.17) is 0 Å². The van der Waals surface area contributed by atoms with Crippen LogP contribution in [0.25, 0.3) is 0 Å². The van der Waals surface area contributed by atoms with E-state index in [-0.39, 0.29) is 24.2 Å². The van der Waals surface area contributed by atoms with E-state index < -0.39 is 27.1 Å². The molecule has 0 amide bonds. The summed E-state index contributed by atoms with van der Waals surface area (Å²) in [5.74, 6) is 0.202. The molecule has 1 fully saturated rings. The Morgan fingerprint density at radius 2 is 2.00 bits per heavy atom. The fourth-order valence-electron chi connectivity index (χ4n) is 2.51.